The standard InChI is InChI=1S/C21H23BrO3/c22-19-11-18(21(23)25-15-17-9-5-2-6-10-17)12-20(13-19)24-14-16-7-3-1-4-8-16/h2,5-6,9-13,16H,1,3-4,7-8,14-15H2. The second kappa shape index (κ2) is 9.04. The van der Waals surface area contributed by atoms with Crippen LogP contribution >= 0.6 is 15.9 Å². The smallest absolute Gasteiger partial charge is 0.338 e. The third-order valence-electron chi connectivity index (χ3n) is 4.53. The van der Waals surface area contributed by atoms with E-state index in [1.807, 2.05) is 36.4 Å². The number of benzene rings is 2. The van der Waals surface area contributed by atoms with Crippen molar-refractivity contribution in [3.05, 3.63) is 64.1 Å². The van der Waals surface area contributed by atoms with Gasteiger partial charge in [-0.05, 0) is 42.5 Å². The third kappa shape index (κ3) is 5.60. The highest BCUT2D eigenvalue weighted by atomic mass is 79.9. The zero-order chi connectivity index (χ0) is 17.5. The van der Waals surface area contributed by atoms with Crippen LogP contribution in [0.15, 0.2) is 53.0 Å². The van der Waals surface area contributed by atoms with E-state index >= 15 is 0 Å². The van der Waals surface area contributed by atoms with Crippen LogP contribution in [0.1, 0.15) is 48.0 Å². The number of carbonyl (C=O) groups is 1. The molecule has 0 saturated heterocycles. The van der Waals surface area contributed by atoms with Crippen LogP contribution in [0, 0.1) is 5.92 Å². The summed E-state index contributed by atoms with van der Waals surface area (Å²) in [5.41, 5.74) is 1.48. The minimum atomic E-state index is -0.340. The summed E-state index contributed by atoms with van der Waals surface area (Å²) in [6.07, 6.45) is 6.40. The predicted octanol–water partition coefficient (Wildman–Crippen LogP) is 5.77. The first-order valence-corrected chi connectivity index (χ1v) is 9.64. The summed E-state index contributed by atoms with van der Waals surface area (Å²) in [5, 5.41) is 0. The second-order valence-electron chi connectivity index (χ2n) is 6.55. The minimum Gasteiger partial charge on any atom is -0.493 e. The molecule has 25 heavy (non-hydrogen) atoms. The topological polar surface area (TPSA) is 35.5 Å². The molecule has 2 aromatic rings. The van der Waals surface area contributed by atoms with Gasteiger partial charge in [-0.3, -0.25) is 0 Å². The van der Waals surface area contributed by atoms with Gasteiger partial charge in [0.1, 0.15) is 12.4 Å². The number of esters is 1. The molecule has 0 aliphatic heterocycles. The molecule has 1 fully saturated rings. The summed E-state index contributed by atoms with van der Waals surface area (Å²) in [4.78, 5) is 12.3. The van der Waals surface area contributed by atoms with Crippen molar-refractivity contribution in [2.75, 3.05) is 6.61 Å². The number of carbonyl (C=O) groups excluding carboxylic acids is 1. The maximum absolute atomic E-state index is 12.3. The van der Waals surface area contributed by atoms with E-state index in [4.69, 9.17) is 9.47 Å². The summed E-state index contributed by atoms with van der Waals surface area (Å²) < 4.78 is 12.2. The molecule has 4 heteroatoms. The van der Waals surface area contributed by atoms with E-state index in [1.54, 1.807) is 12.1 Å². The van der Waals surface area contributed by atoms with E-state index < -0.39 is 0 Å². The Morgan fingerprint density at radius 2 is 1.80 bits per heavy atom. The highest BCUT2D eigenvalue weighted by Gasteiger charge is 2.15. The number of hydrogen-bond acceptors (Lipinski definition) is 3. The fourth-order valence-electron chi connectivity index (χ4n) is 3.14. The first-order chi connectivity index (χ1) is 12.2. The second-order valence-corrected chi connectivity index (χ2v) is 7.47. The van der Waals surface area contributed by atoms with Crippen molar-refractivity contribution in [3.8, 4) is 5.75 Å². The first kappa shape index (κ1) is 18.0. The van der Waals surface area contributed by atoms with Crippen molar-refractivity contribution in [1.82, 2.24) is 0 Å². The Labute approximate surface area is 157 Å². The summed E-state index contributed by atoms with van der Waals surface area (Å²) >= 11 is 3.46. The Hall–Kier alpha value is -1.81. The summed E-state index contributed by atoms with van der Waals surface area (Å²) in [7, 11) is 0. The number of ether oxygens (including phenoxy) is 2. The quantitative estimate of drug-likeness (QED) is 0.575. The molecular weight excluding hydrogens is 380 g/mol. The van der Waals surface area contributed by atoms with Crippen molar-refractivity contribution >= 4 is 21.9 Å². The number of rotatable bonds is 6. The zero-order valence-electron chi connectivity index (χ0n) is 14.2. The molecule has 0 atom stereocenters. The monoisotopic (exact) mass is 402 g/mol. The maximum Gasteiger partial charge on any atom is 0.338 e. The lowest BCUT2D eigenvalue weighted by Gasteiger charge is -2.21. The molecule has 0 bridgehead atoms. The van der Waals surface area contributed by atoms with E-state index in [-0.39, 0.29) is 12.6 Å². The number of hydrogen-bond donors (Lipinski definition) is 0. The molecule has 0 radical (unpaired) electrons. The Morgan fingerprint density at radius 1 is 1.04 bits per heavy atom. The Balaban J connectivity index is 1.59. The highest BCUT2D eigenvalue weighted by Crippen LogP contribution is 2.27. The highest BCUT2D eigenvalue weighted by molar-refractivity contribution is 9.10. The van der Waals surface area contributed by atoms with Gasteiger partial charge in [-0.25, -0.2) is 4.79 Å². The molecule has 1 saturated carbocycles. The molecule has 0 N–H and O–H groups in total. The fourth-order valence-corrected chi connectivity index (χ4v) is 3.61. The zero-order valence-corrected chi connectivity index (χ0v) is 15.8. The van der Waals surface area contributed by atoms with Gasteiger partial charge in [0.25, 0.3) is 0 Å². The van der Waals surface area contributed by atoms with Gasteiger partial charge in [-0.1, -0.05) is 65.5 Å². The number of halogens is 1. The lowest BCUT2D eigenvalue weighted by molar-refractivity contribution is 0.0472. The van der Waals surface area contributed by atoms with Gasteiger partial charge in [0.05, 0.1) is 12.2 Å². The van der Waals surface area contributed by atoms with Crippen LogP contribution in [0.3, 0.4) is 0 Å². The van der Waals surface area contributed by atoms with Gasteiger partial charge >= 0.3 is 5.97 Å². The molecule has 3 nitrogen and oxygen atoms in total. The molecule has 1 aliphatic rings. The third-order valence-corrected chi connectivity index (χ3v) is 4.99. The van der Waals surface area contributed by atoms with Gasteiger partial charge in [0.2, 0.25) is 0 Å². The van der Waals surface area contributed by atoms with Crippen molar-refractivity contribution in [1.29, 1.82) is 0 Å². The van der Waals surface area contributed by atoms with E-state index in [1.165, 1.54) is 32.1 Å². The van der Waals surface area contributed by atoms with Crippen LogP contribution in [0.25, 0.3) is 0 Å². The van der Waals surface area contributed by atoms with E-state index in [0.29, 0.717) is 17.2 Å². The van der Waals surface area contributed by atoms with Crippen LogP contribution < -0.4 is 4.74 Å². The van der Waals surface area contributed by atoms with Crippen molar-refractivity contribution in [3.63, 3.8) is 0 Å². The maximum atomic E-state index is 12.3. The summed E-state index contributed by atoms with van der Waals surface area (Å²) in [5.74, 6) is 1.00. The van der Waals surface area contributed by atoms with Gasteiger partial charge in [-0.15, -0.1) is 0 Å². The Morgan fingerprint density at radius 3 is 2.56 bits per heavy atom. The van der Waals surface area contributed by atoms with Gasteiger partial charge in [0, 0.05) is 4.47 Å². The van der Waals surface area contributed by atoms with E-state index in [2.05, 4.69) is 15.9 Å². The largest absolute Gasteiger partial charge is 0.493 e. The SMILES string of the molecule is O=C(OCc1ccccc1)c1cc(Br)cc(OCC2CCCCC2)c1. The molecule has 0 aromatic heterocycles. The van der Waals surface area contributed by atoms with Crippen LogP contribution in [-0.4, -0.2) is 12.6 Å². The molecule has 3 rings (SSSR count). The average molecular weight is 403 g/mol. The Kier molecular flexibility index (Phi) is 6.51. The molecule has 0 amide bonds. The molecule has 0 heterocycles. The average Bonchev–Trinajstić information content (AvgIpc) is 2.66. The van der Waals surface area contributed by atoms with Crippen LogP contribution in [0.5, 0.6) is 5.75 Å². The van der Waals surface area contributed by atoms with Gasteiger partial charge in [0.15, 0.2) is 0 Å². The van der Waals surface area contributed by atoms with Crippen molar-refractivity contribution in [2.45, 2.75) is 38.7 Å². The van der Waals surface area contributed by atoms with Crippen LogP contribution in [0.2, 0.25) is 0 Å². The van der Waals surface area contributed by atoms with Crippen LogP contribution in [0.4, 0.5) is 0 Å². The van der Waals surface area contributed by atoms with Crippen molar-refractivity contribution < 1.29 is 14.3 Å². The molecule has 132 valence electrons. The molecular formula is C21H23BrO3. The fraction of sp³-hybridized carbons (Fsp3) is 0.381. The summed E-state index contributed by atoms with van der Waals surface area (Å²) in [6, 6.07) is 15.1. The normalized spacial score (nSPS) is 14.9. The summed E-state index contributed by atoms with van der Waals surface area (Å²) in [6.45, 7) is 0.986. The van der Waals surface area contributed by atoms with E-state index in [0.717, 1.165) is 16.6 Å². The van der Waals surface area contributed by atoms with Crippen LogP contribution in [-0.2, 0) is 11.3 Å². The van der Waals surface area contributed by atoms with Gasteiger partial charge < -0.3 is 9.47 Å². The van der Waals surface area contributed by atoms with Crippen molar-refractivity contribution in [2.24, 2.45) is 5.92 Å². The molecule has 2 aromatic carbocycles. The lowest BCUT2D eigenvalue weighted by atomic mass is 9.90. The predicted molar refractivity (Wildman–Crippen MR) is 102 cm³/mol. The molecule has 0 spiro atoms. The molecule has 1 aliphatic carbocycles. The Bertz CT molecular complexity index is 694. The first-order valence-electron chi connectivity index (χ1n) is 8.85. The van der Waals surface area contributed by atoms with Gasteiger partial charge in [-0.2, -0.15) is 0 Å². The minimum absolute atomic E-state index is 0.268. The lowest BCUT2D eigenvalue weighted by Crippen LogP contribution is -2.15. The molecule has 0 unspecified atom stereocenters. The van der Waals surface area contributed by atoms with E-state index in [9.17, 15) is 4.79 Å².